The number of fused-ring (bicyclic) bond motifs is 1. The van der Waals surface area contributed by atoms with Gasteiger partial charge < -0.3 is 20.1 Å². The van der Waals surface area contributed by atoms with E-state index in [-0.39, 0.29) is 17.7 Å². The Kier molecular flexibility index (Phi) is 6.52. The van der Waals surface area contributed by atoms with Crippen molar-refractivity contribution in [2.45, 2.75) is 32.0 Å². The van der Waals surface area contributed by atoms with E-state index in [1.807, 2.05) is 56.9 Å². The van der Waals surface area contributed by atoms with Gasteiger partial charge in [-0.15, -0.1) is 0 Å². The lowest BCUT2D eigenvalue weighted by atomic mass is 10.0. The first-order chi connectivity index (χ1) is 19.2. The SMILES string of the molecule is C=C1C=CC=C(c2ccc(-c3nc4cc(C(F)(F)F)ccc4n3C[C@@H]3CCN(C(=O)C4CC4)C3)cc2)N1/C=C\N. The highest BCUT2D eigenvalue weighted by Crippen LogP contribution is 2.36. The summed E-state index contributed by atoms with van der Waals surface area (Å²) in [6.45, 7) is 6.01. The average molecular weight is 546 g/mol. The van der Waals surface area contributed by atoms with Crippen molar-refractivity contribution in [1.82, 2.24) is 19.4 Å². The fraction of sp³-hybridized carbons (Fsp3) is 0.290. The molecule has 1 saturated carbocycles. The van der Waals surface area contributed by atoms with Crippen LogP contribution in [-0.2, 0) is 17.5 Å². The summed E-state index contributed by atoms with van der Waals surface area (Å²) in [5.41, 5.74) is 9.27. The first kappa shape index (κ1) is 26.0. The summed E-state index contributed by atoms with van der Waals surface area (Å²) in [5.74, 6) is 1.21. The fourth-order valence-electron chi connectivity index (χ4n) is 5.59. The molecule has 0 bridgehead atoms. The van der Waals surface area contributed by atoms with Gasteiger partial charge in [-0.25, -0.2) is 4.98 Å². The number of imidazole rings is 1. The second kappa shape index (κ2) is 10.0. The second-order valence-corrected chi connectivity index (χ2v) is 10.7. The number of nitrogens with zero attached hydrogens (tertiary/aromatic N) is 4. The number of alkyl halides is 3. The Labute approximate surface area is 230 Å². The quantitative estimate of drug-likeness (QED) is 0.404. The number of hydrogen-bond donors (Lipinski definition) is 1. The van der Waals surface area contributed by atoms with Crippen molar-refractivity contribution in [3.63, 3.8) is 0 Å². The first-order valence-corrected chi connectivity index (χ1v) is 13.4. The molecule has 3 heterocycles. The van der Waals surface area contributed by atoms with Crippen LogP contribution in [0.2, 0.25) is 0 Å². The van der Waals surface area contributed by atoms with E-state index in [0.29, 0.717) is 29.9 Å². The number of nitrogens with two attached hydrogens (primary N) is 1. The third-order valence-electron chi connectivity index (χ3n) is 7.83. The molecule has 2 aromatic carbocycles. The molecule has 3 aliphatic rings. The maximum atomic E-state index is 13.5. The molecule has 206 valence electrons. The van der Waals surface area contributed by atoms with Gasteiger partial charge in [-0.05, 0) is 61.1 Å². The highest BCUT2D eigenvalue weighted by atomic mass is 19.4. The van der Waals surface area contributed by atoms with E-state index < -0.39 is 11.7 Å². The largest absolute Gasteiger partial charge is 0.416 e. The van der Waals surface area contributed by atoms with Gasteiger partial charge in [-0.1, -0.05) is 36.9 Å². The number of rotatable bonds is 6. The normalized spacial score (nSPS) is 19.7. The van der Waals surface area contributed by atoms with Crippen LogP contribution in [0, 0.1) is 11.8 Å². The molecule has 0 radical (unpaired) electrons. The highest BCUT2D eigenvalue weighted by Gasteiger charge is 2.37. The van der Waals surface area contributed by atoms with E-state index in [2.05, 4.69) is 6.58 Å². The van der Waals surface area contributed by atoms with Crippen molar-refractivity contribution >= 4 is 22.6 Å². The van der Waals surface area contributed by atoms with Gasteiger partial charge >= 0.3 is 6.18 Å². The minimum Gasteiger partial charge on any atom is -0.403 e. The van der Waals surface area contributed by atoms with E-state index in [1.54, 1.807) is 6.20 Å². The van der Waals surface area contributed by atoms with Gasteiger partial charge in [0.2, 0.25) is 5.91 Å². The maximum absolute atomic E-state index is 13.5. The number of aromatic nitrogens is 2. The maximum Gasteiger partial charge on any atom is 0.416 e. The Morgan fingerprint density at radius 1 is 1.10 bits per heavy atom. The van der Waals surface area contributed by atoms with Crippen molar-refractivity contribution in [2.24, 2.45) is 17.6 Å². The Bertz CT molecular complexity index is 1560. The molecule has 1 atom stereocenters. The van der Waals surface area contributed by atoms with Crippen molar-refractivity contribution in [1.29, 1.82) is 0 Å². The monoisotopic (exact) mass is 545 g/mol. The standard InChI is InChI=1S/C31H30F3N5O/c1-20-3-2-4-27(38(20)16-14-35)22-5-7-23(8-6-22)29-36-26-17-25(31(32,33)34)11-12-28(26)39(29)19-21-13-15-37(18-21)30(40)24-9-10-24/h2-8,11-12,14,16-17,21,24H,1,9-10,13,15,18-19,35H2/b16-14-/t21-/m1/s1. The molecular weight excluding hydrogens is 515 g/mol. The van der Waals surface area contributed by atoms with Crippen LogP contribution in [0.5, 0.6) is 0 Å². The molecule has 2 fully saturated rings. The van der Waals surface area contributed by atoms with Crippen LogP contribution in [0.1, 0.15) is 30.4 Å². The molecule has 9 heteroatoms. The summed E-state index contributed by atoms with van der Waals surface area (Å²) in [4.78, 5) is 21.1. The van der Waals surface area contributed by atoms with Crippen LogP contribution in [0.15, 0.2) is 85.4 Å². The molecule has 6 nitrogen and oxygen atoms in total. The van der Waals surface area contributed by atoms with Gasteiger partial charge in [0.25, 0.3) is 0 Å². The number of halogens is 3. The number of carbonyl (C=O) groups is 1. The number of amides is 1. The van der Waals surface area contributed by atoms with Crippen molar-refractivity contribution in [3.05, 3.63) is 96.5 Å². The highest BCUT2D eigenvalue weighted by molar-refractivity contribution is 5.83. The zero-order chi connectivity index (χ0) is 28.0. The topological polar surface area (TPSA) is 67.4 Å². The van der Waals surface area contributed by atoms with E-state index in [1.165, 1.54) is 12.3 Å². The second-order valence-electron chi connectivity index (χ2n) is 10.7. The van der Waals surface area contributed by atoms with Gasteiger partial charge in [0.15, 0.2) is 0 Å². The zero-order valence-electron chi connectivity index (χ0n) is 21.9. The predicted octanol–water partition coefficient (Wildman–Crippen LogP) is 6.14. The molecule has 2 N–H and O–H groups in total. The molecule has 1 saturated heterocycles. The van der Waals surface area contributed by atoms with Crippen molar-refractivity contribution in [2.75, 3.05) is 13.1 Å². The van der Waals surface area contributed by atoms with E-state index in [9.17, 15) is 18.0 Å². The predicted molar refractivity (Wildman–Crippen MR) is 149 cm³/mol. The molecular formula is C31H30F3N5O. The van der Waals surface area contributed by atoms with Gasteiger partial charge in [0.1, 0.15) is 5.82 Å². The molecule has 3 aromatic rings. The van der Waals surface area contributed by atoms with Gasteiger partial charge in [0.05, 0.1) is 22.3 Å². The minimum atomic E-state index is -4.45. The number of likely N-dealkylation sites (tertiary alicyclic amines) is 1. The third-order valence-corrected chi connectivity index (χ3v) is 7.83. The first-order valence-electron chi connectivity index (χ1n) is 13.4. The molecule has 0 unspecified atom stereocenters. The smallest absolute Gasteiger partial charge is 0.403 e. The average Bonchev–Trinajstić information content (AvgIpc) is 3.58. The fourth-order valence-corrected chi connectivity index (χ4v) is 5.59. The van der Waals surface area contributed by atoms with Crippen LogP contribution >= 0.6 is 0 Å². The molecule has 0 spiro atoms. The van der Waals surface area contributed by atoms with Crippen LogP contribution in [0.3, 0.4) is 0 Å². The Morgan fingerprint density at radius 2 is 1.85 bits per heavy atom. The Morgan fingerprint density at radius 3 is 2.55 bits per heavy atom. The van der Waals surface area contributed by atoms with E-state index in [4.69, 9.17) is 10.7 Å². The van der Waals surface area contributed by atoms with Crippen LogP contribution in [0.4, 0.5) is 13.2 Å². The van der Waals surface area contributed by atoms with Gasteiger partial charge in [0, 0.05) is 49.2 Å². The summed E-state index contributed by atoms with van der Waals surface area (Å²) in [7, 11) is 0. The molecule has 40 heavy (non-hydrogen) atoms. The summed E-state index contributed by atoms with van der Waals surface area (Å²) in [6.07, 6.45) is 7.30. The number of allylic oxidation sites excluding steroid dienone is 3. The number of carbonyl (C=O) groups excluding carboxylic acids is 1. The van der Waals surface area contributed by atoms with Crippen LogP contribution < -0.4 is 5.73 Å². The van der Waals surface area contributed by atoms with Gasteiger partial charge in [-0.3, -0.25) is 4.79 Å². The van der Waals surface area contributed by atoms with Crippen LogP contribution in [-0.4, -0.2) is 38.3 Å². The number of hydrogen-bond acceptors (Lipinski definition) is 4. The lowest BCUT2D eigenvalue weighted by Gasteiger charge is -2.26. The van der Waals surface area contributed by atoms with Crippen LogP contribution in [0.25, 0.3) is 28.1 Å². The van der Waals surface area contributed by atoms with Gasteiger partial charge in [-0.2, -0.15) is 13.2 Å². The summed E-state index contributed by atoms with van der Waals surface area (Å²) in [5, 5.41) is 0. The lowest BCUT2D eigenvalue weighted by Crippen LogP contribution is -2.30. The van der Waals surface area contributed by atoms with Crippen molar-refractivity contribution in [3.8, 4) is 11.4 Å². The van der Waals surface area contributed by atoms with E-state index in [0.717, 1.165) is 60.5 Å². The Balaban J connectivity index is 1.35. The molecule has 6 rings (SSSR count). The molecule has 2 aliphatic heterocycles. The van der Waals surface area contributed by atoms with E-state index >= 15 is 0 Å². The van der Waals surface area contributed by atoms with Crippen molar-refractivity contribution < 1.29 is 18.0 Å². The summed E-state index contributed by atoms with van der Waals surface area (Å²) in [6, 6.07) is 11.5. The zero-order valence-corrected chi connectivity index (χ0v) is 21.9. The summed E-state index contributed by atoms with van der Waals surface area (Å²) >= 11 is 0. The molecule has 1 aliphatic carbocycles. The molecule has 1 aromatic heterocycles. The Hall–Kier alpha value is -4.27. The summed E-state index contributed by atoms with van der Waals surface area (Å²) < 4.78 is 42.5. The molecule has 1 amide bonds. The third kappa shape index (κ3) is 4.92. The number of benzene rings is 2. The lowest BCUT2D eigenvalue weighted by molar-refractivity contribution is -0.137. The minimum absolute atomic E-state index is 0.172.